The van der Waals surface area contributed by atoms with Crippen molar-refractivity contribution in [2.45, 2.75) is 221 Å². The maximum atomic E-state index is 11.3. The molecule has 0 amide bonds. The molecule has 0 aromatic heterocycles. The molecule has 0 saturated heterocycles. The monoisotopic (exact) mass is 915 g/mol. The van der Waals surface area contributed by atoms with Gasteiger partial charge < -0.3 is 23.7 Å². The van der Waals surface area contributed by atoms with Crippen molar-refractivity contribution in [1.82, 2.24) is 0 Å². The van der Waals surface area contributed by atoms with E-state index in [9.17, 15) is 4.79 Å². The normalized spacial score (nSPS) is 24.5. The molecule has 0 radical (unpaired) electrons. The maximum Gasteiger partial charge on any atom is 0.293 e. The van der Waals surface area contributed by atoms with Crippen LogP contribution in [0.25, 0.3) is 0 Å². The Morgan fingerprint density at radius 2 is 1.30 bits per heavy atom. The minimum Gasteiger partial charge on any atom is -0.461 e. The molecule has 2 aromatic carbocycles. The maximum absolute atomic E-state index is 11.3. The Morgan fingerprint density at radius 3 is 1.89 bits per heavy atom. The molecule has 0 bridgehead atoms. The summed E-state index contributed by atoms with van der Waals surface area (Å²) in [4.78, 5) is 11.3. The molecule has 374 valence electrons. The van der Waals surface area contributed by atoms with Crippen LogP contribution < -0.4 is 0 Å². The van der Waals surface area contributed by atoms with Crippen molar-refractivity contribution in [2.75, 3.05) is 26.4 Å². The van der Waals surface area contributed by atoms with Crippen LogP contribution in [-0.4, -0.2) is 61.4 Å². The first-order valence-corrected chi connectivity index (χ1v) is 26.2. The van der Waals surface area contributed by atoms with Gasteiger partial charge in [-0.1, -0.05) is 114 Å². The largest absolute Gasteiger partial charge is 0.461 e. The van der Waals surface area contributed by atoms with Crippen molar-refractivity contribution >= 4 is 6.47 Å². The molecule has 0 heterocycles. The van der Waals surface area contributed by atoms with Crippen LogP contribution in [0.15, 0.2) is 73.3 Å². The lowest BCUT2D eigenvalue weighted by Gasteiger charge is -2.55. The minimum atomic E-state index is -0.662. The van der Waals surface area contributed by atoms with Gasteiger partial charge in [-0.25, -0.2) is 0 Å². The van der Waals surface area contributed by atoms with Crippen LogP contribution in [0.2, 0.25) is 0 Å². The van der Waals surface area contributed by atoms with E-state index in [1.165, 1.54) is 37.7 Å². The molecule has 0 N–H and O–H groups in total. The van der Waals surface area contributed by atoms with Crippen molar-refractivity contribution in [3.8, 4) is 0 Å². The minimum absolute atomic E-state index is 0.0484. The lowest BCUT2D eigenvalue weighted by molar-refractivity contribution is -0.144. The zero-order chi connectivity index (χ0) is 48.9. The number of hydrogen-bond acceptors (Lipinski definition) is 6. The molecule has 2 saturated carbocycles. The highest BCUT2D eigenvalue weighted by molar-refractivity contribution is 5.39. The topological polar surface area (TPSA) is 63.2 Å². The van der Waals surface area contributed by atoms with Crippen molar-refractivity contribution in [3.05, 3.63) is 84.4 Å². The Balaban J connectivity index is 1.12. The van der Waals surface area contributed by atoms with Crippen molar-refractivity contribution in [1.29, 1.82) is 0 Å². The first-order chi connectivity index (χ1) is 30.8. The predicted molar refractivity (Wildman–Crippen MR) is 276 cm³/mol. The average molecular weight is 915 g/mol. The Labute approximate surface area is 405 Å². The molecule has 2 fully saturated rings. The third-order valence-electron chi connectivity index (χ3n) is 16.8. The number of benzene rings is 2. The third-order valence-corrected chi connectivity index (χ3v) is 16.8. The summed E-state index contributed by atoms with van der Waals surface area (Å²) in [5.41, 5.74) is 1.99. The van der Waals surface area contributed by atoms with Gasteiger partial charge in [0.15, 0.2) is 0 Å². The Morgan fingerprint density at radius 1 is 0.727 bits per heavy atom. The molecule has 0 aliphatic heterocycles. The van der Waals surface area contributed by atoms with E-state index in [-0.39, 0.29) is 39.7 Å². The van der Waals surface area contributed by atoms with E-state index in [1.54, 1.807) is 0 Å². The fourth-order valence-corrected chi connectivity index (χ4v) is 12.1. The van der Waals surface area contributed by atoms with Gasteiger partial charge in [0.2, 0.25) is 0 Å². The molecule has 4 rings (SSSR count). The summed E-state index contributed by atoms with van der Waals surface area (Å²) in [5, 5.41) is 0. The Hall–Kier alpha value is -2.51. The molecular weight excluding hydrogens is 817 g/mol. The molecule has 0 spiro atoms. The lowest BCUT2D eigenvalue weighted by atomic mass is 9.51. The quantitative estimate of drug-likeness (QED) is 0.0427. The van der Waals surface area contributed by atoms with E-state index >= 15 is 0 Å². The zero-order valence-corrected chi connectivity index (χ0v) is 44.8. The van der Waals surface area contributed by atoms with Crippen LogP contribution in [0.5, 0.6) is 0 Å². The van der Waals surface area contributed by atoms with Gasteiger partial charge in [0.25, 0.3) is 6.47 Å². The molecule has 6 heteroatoms. The standard InChI is InChI=1S/C60H98O6/c1-16-49-39-59(14,43-55(6,7)64-37-26-24-34-54(4,5)58(12,13)65-38-33-48-28-19-17-20-29-48)35-32-52(49)51-40-60(15,41-51)44-56(8,9)63-36-25-23-27-46(2)47(3)62-42-53(57(10,11)66-45-61)50-30-21-18-22-31-50/h16-22,28-31,45-47,49,51-53H,1,23-27,32-44H2,2-15H3. The Kier molecular flexibility index (Phi) is 20.7. The Bertz CT molecular complexity index is 1710. The summed E-state index contributed by atoms with van der Waals surface area (Å²) < 4.78 is 31.7. The molecule has 66 heavy (non-hydrogen) atoms. The van der Waals surface area contributed by atoms with E-state index in [1.807, 2.05) is 32.0 Å². The van der Waals surface area contributed by atoms with E-state index in [2.05, 4.69) is 138 Å². The summed E-state index contributed by atoms with van der Waals surface area (Å²) in [5.74, 6) is 2.46. The second-order valence-corrected chi connectivity index (χ2v) is 24.9. The summed E-state index contributed by atoms with van der Waals surface area (Å²) in [6, 6.07) is 20.9. The van der Waals surface area contributed by atoms with Crippen LogP contribution in [0.1, 0.15) is 197 Å². The predicted octanol–water partition coefficient (Wildman–Crippen LogP) is 15.6. The van der Waals surface area contributed by atoms with Gasteiger partial charge in [-0.2, -0.15) is 0 Å². The van der Waals surface area contributed by atoms with Gasteiger partial charge in [-0.3, -0.25) is 4.79 Å². The average Bonchev–Trinajstić information content (AvgIpc) is 3.22. The van der Waals surface area contributed by atoms with Gasteiger partial charge in [0.1, 0.15) is 5.60 Å². The first-order valence-electron chi connectivity index (χ1n) is 26.2. The van der Waals surface area contributed by atoms with Crippen LogP contribution >= 0.6 is 0 Å². The van der Waals surface area contributed by atoms with Crippen LogP contribution in [-0.2, 0) is 34.9 Å². The molecule has 6 unspecified atom stereocenters. The molecule has 2 aromatic rings. The van der Waals surface area contributed by atoms with Crippen LogP contribution in [0, 0.1) is 39.9 Å². The number of allylic oxidation sites excluding steroid dienone is 1. The highest BCUT2D eigenvalue weighted by atomic mass is 16.5. The number of hydrogen-bond donors (Lipinski definition) is 0. The molecule has 2 aliphatic rings. The third kappa shape index (κ3) is 17.2. The van der Waals surface area contributed by atoms with E-state index in [0.29, 0.717) is 30.3 Å². The van der Waals surface area contributed by atoms with Crippen molar-refractivity contribution in [2.24, 2.45) is 39.9 Å². The second-order valence-electron chi connectivity index (χ2n) is 24.9. The van der Waals surface area contributed by atoms with Gasteiger partial charge in [0, 0.05) is 19.1 Å². The van der Waals surface area contributed by atoms with Gasteiger partial charge in [-0.05, 0) is 190 Å². The number of carbonyl (C=O) groups is 1. The smallest absolute Gasteiger partial charge is 0.293 e. The van der Waals surface area contributed by atoms with Crippen LogP contribution in [0.3, 0.4) is 0 Å². The summed E-state index contributed by atoms with van der Waals surface area (Å²) in [7, 11) is 0. The van der Waals surface area contributed by atoms with Gasteiger partial charge in [-0.15, -0.1) is 6.58 Å². The van der Waals surface area contributed by atoms with Crippen LogP contribution in [0.4, 0.5) is 0 Å². The van der Waals surface area contributed by atoms with Gasteiger partial charge in [0.05, 0.1) is 36.1 Å². The summed E-state index contributed by atoms with van der Waals surface area (Å²) >= 11 is 0. The van der Waals surface area contributed by atoms with E-state index in [4.69, 9.17) is 23.7 Å². The second kappa shape index (κ2) is 24.4. The first kappa shape index (κ1) is 56.1. The van der Waals surface area contributed by atoms with Gasteiger partial charge >= 0.3 is 0 Å². The lowest BCUT2D eigenvalue weighted by Crippen LogP contribution is -2.47. The van der Waals surface area contributed by atoms with Crippen molar-refractivity contribution < 1.29 is 28.5 Å². The number of unbranched alkanes of at least 4 members (excludes halogenated alkanes) is 2. The SMILES string of the molecule is C=CC1CC(C)(CC(C)(C)OCCCCC(C)(C)C(C)(C)OCCc2ccccc2)CCC1C1CC(C)(CC(C)(C)OCCCCC(C)C(C)OCC(c2ccccc2)C(C)(C)OC=O)C1. The fourth-order valence-electron chi connectivity index (χ4n) is 12.1. The molecule has 2 aliphatic carbocycles. The van der Waals surface area contributed by atoms with E-state index < -0.39 is 5.60 Å². The van der Waals surface area contributed by atoms with Crippen molar-refractivity contribution in [3.63, 3.8) is 0 Å². The fraction of sp³-hybridized carbons (Fsp3) is 0.750. The number of rotatable bonds is 31. The zero-order valence-electron chi connectivity index (χ0n) is 44.8. The highest BCUT2D eigenvalue weighted by Crippen LogP contribution is 2.59. The number of ether oxygens (including phenoxy) is 5. The summed E-state index contributed by atoms with van der Waals surface area (Å²) in [6.07, 6.45) is 18.5. The number of carbonyl (C=O) groups excluding carboxylic acids is 1. The van der Waals surface area contributed by atoms with E-state index in [0.717, 1.165) is 95.0 Å². The molecule has 6 atom stereocenters. The highest BCUT2D eigenvalue weighted by Gasteiger charge is 2.50. The molecular formula is C60H98O6. The summed E-state index contributed by atoms with van der Waals surface area (Å²) in [6.45, 7) is 39.7. The molecule has 6 nitrogen and oxygen atoms in total.